The lowest BCUT2D eigenvalue weighted by Gasteiger charge is -2.23. The minimum Gasteiger partial charge on any atom is -0.493 e. The summed E-state index contributed by atoms with van der Waals surface area (Å²) in [6.07, 6.45) is 6.82. The molecule has 0 saturated heterocycles. The Kier molecular flexibility index (Phi) is 8.79. The lowest BCUT2D eigenvalue weighted by Crippen LogP contribution is -2.37. The van der Waals surface area contributed by atoms with Crippen LogP contribution < -0.4 is 15.4 Å². The molecule has 2 aromatic rings. The van der Waals surface area contributed by atoms with Crippen molar-refractivity contribution in [2.75, 3.05) is 32.1 Å². The predicted molar refractivity (Wildman–Crippen MR) is 120 cm³/mol. The highest BCUT2D eigenvalue weighted by Gasteiger charge is 2.17. The van der Waals surface area contributed by atoms with Crippen LogP contribution >= 0.6 is 0 Å². The zero-order valence-corrected chi connectivity index (χ0v) is 18.5. The van der Waals surface area contributed by atoms with Gasteiger partial charge in [0.1, 0.15) is 5.75 Å². The van der Waals surface area contributed by atoms with Gasteiger partial charge >= 0.3 is 5.97 Å². The summed E-state index contributed by atoms with van der Waals surface area (Å²) in [6, 6.07) is 5.82. The van der Waals surface area contributed by atoms with Crippen molar-refractivity contribution in [2.45, 2.75) is 45.2 Å². The second kappa shape index (κ2) is 12.0. The van der Waals surface area contributed by atoms with Crippen molar-refractivity contribution in [3.63, 3.8) is 0 Å². The third-order valence-corrected chi connectivity index (χ3v) is 5.25. The smallest absolute Gasteiger partial charge is 0.303 e. The second-order valence-corrected chi connectivity index (χ2v) is 7.90. The lowest BCUT2D eigenvalue weighted by atomic mass is 10.0. The molecule has 0 aliphatic carbocycles. The minimum atomic E-state index is -0.825. The van der Waals surface area contributed by atoms with E-state index in [4.69, 9.17) is 9.84 Å². The number of aliphatic carboxylic acids is 1. The van der Waals surface area contributed by atoms with E-state index in [1.54, 1.807) is 19.4 Å². The highest BCUT2D eigenvalue weighted by Crippen LogP contribution is 2.24. The number of hydrogen-bond acceptors (Lipinski definition) is 7. The Hall–Kier alpha value is -3.20. The van der Waals surface area contributed by atoms with Gasteiger partial charge in [-0.1, -0.05) is 12.1 Å². The van der Waals surface area contributed by atoms with Gasteiger partial charge in [-0.15, -0.1) is 0 Å². The molecular weight excluding hydrogens is 410 g/mol. The van der Waals surface area contributed by atoms with Gasteiger partial charge in [-0.2, -0.15) is 0 Å². The number of aryl methyl sites for hydroxylation is 1. The molecule has 0 bridgehead atoms. The Morgan fingerprint density at radius 3 is 2.75 bits per heavy atom. The van der Waals surface area contributed by atoms with E-state index < -0.39 is 5.97 Å². The Morgan fingerprint density at radius 1 is 1.19 bits per heavy atom. The van der Waals surface area contributed by atoms with E-state index in [0.717, 1.165) is 41.7 Å². The van der Waals surface area contributed by atoms with Crippen LogP contribution in [0.1, 0.15) is 42.4 Å². The van der Waals surface area contributed by atoms with E-state index in [2.05, 4.69) is 20.6 Å². The molecule has 9 nitrogen and oxygen atoms in total. The summed E-state index contributed by atoms with van der Waals surface area (Å²) in [5.41, 5.74) is 2.77. The lowest BCUT2D eigenvalue weighted by molar-refractivity contribution is -0.137. The molecule has 0 unspecified atom stereocenters. The molecule has 1 amide bonds. The molecule has 1 aliphatic rings. The number of anilines is 1. The molecule has 32 heavy (non-hydrogen) atoms. The Morgan fingerprint density at radius 2 is 2.00 bits per heavy atom. The van der Waals surface area contributed by atoms with Gasteiger partial charge in [0, 0.05) is 56.6 Å². The highest BCUT2D eigenvalue weighted by atomic mass is 16.5. The number of fused-ring (bicyclic) bond motifs is 1. The maximum Gasteiger partial charge on any atom is 0.303 e. The molecule has 9 heteroatoms. The minimum absolute atomic E-state index is 0.0264. The van der Waals surface area contributed by atoms with Crippen LogP contribution in [-0.2, 0) is 29.1 Å². The fourth-order valence-corrected chi connectivity index (χ4v) is 3.61. The standard InChI is InChI=1S/C23H31N5O4/c1-24-23-26-12-18(13-27-23)14-28-15-19-11-17(6-8-22(30)31)5-7-20(19)32-10-4-2-3-9-25-21(29)16-28/h5,7,11-13H,2-4,6,8-10,14-16H2,1H3,(H,25,29)(H,30,31)(H,24,26,27). The van der Waals surface area contributed by atoms with Gasteiger partial charge in [-0.25, -0.2) is 9.97 Å². The van der Waals surface area contributed by atoms with E-state index in [9.17, 15) is 9.59 Å². The third kappa shape index (κ3) is 7.49. The van der Waals surface area contributed by atoms with E-state index in [1.165, 1.54) is 0 Å². The third-order valence-electron chi connectivity index (χ3n) is 5.25. The normalized spacial score (nSPS) is 15.8. The Labute approximate surface area is 188 Å². The summed E-state index contributed by atoms with van der Waals surface area (Å²) in [6.45, 7) is 2.47. The topological polar surface area (TPSA) is 117 Å². The summed E-state index contributed by atoms with van der Waals surface area (Å²) in [7, 11) is 1.76. The molecule has 3 rings (SSSR count). The number of rotatable bonds is 6. The molecule has 3 N–H and O–H groups in total. The molecule has 1 aromatic carbocycles. The van der Waals surface area contributed by atoms with Crippen LogP contribution in [0, 0.1) is 0 Å². The fraction of sp³-hybridized carbons (Fsp3) is 0.478. The zero-order chi connectivity index (χ0) is 22.8. The van der Waals surface area contributed by atoms with Crippen molar-refractivity contribution in [3.8, 4) is 5.75 Å². The van der Waals surface area contributed by atoms with E-state index >= 15 is 0 Å². The number of nitrogens with one attached hydrogen (secondary N) is 2. The molecule has 1 aliphatic heterocycles. The van der Waals surface area contributed by atoms with Crippen molar-refractivity contribution in [1.29, 1.82) is 0 Å². The highest BCUT2D eigenvalue weighted by molar-refractivity contribution is 5.78. The van der Waals surface area contributed by atoms with Crippen LogP contribution in [0.4, 0.5) is 5.95 Å². The Bertz CT molecular complexity index is 904. The van der Waals surface area contributed by atoms with Crippen LogP contribution in [0.5, 0.6) is 5.75 Å². The monoisotopic (exact) mass is 441 g/mol. The first-order valence-electron chi connectivity index (χ1n) is 11.0. The summed E-state index contributed by atoms with van der Waals surface area (Å²) >= 11 is 0. The van der Waals surface area contributed by atoms with Crippen LogP contribution in [0.3, 0.4) is 0 Å². The molecule has 0 saturated carbocycles. The van der Waals surface area contributed by atoms with E-state index in [0.29, 0.717) is 38.6 Å². The molecule has 172 valence electrons. The van der Waals surface area contributed by atoms with Crippen LogP contribution in [0.15, 0.2) is 30.6 Å². The van der Waals surface area contributed by atoms with Gasteiger partial charge in [0.25, 0.3) is 0 Å². The van der Waals surface area contributed by atoms with Crippen LogP contribution in [-0.4, -0.2) is 58.6 Å². The number of hydrogen-bond donors (Lipinski definition) is 3. The summed E-state index contributed by atoms with van der Waals surface area (Å²) in [5.74, 6) is 0.462. The van der Waals surface area contributed by atoms with Crippen molar-refractivity contribution >= 4 is 17.8 Å². The average molecular weight is 442 g/mol. The molecule has 0 fully saturated rings. The van der Waals surface area contributed by atoms with Crippen molar-refractivity contribution in [2.24, 2.45) is 0 Å². The van der Waals surface area contributed by atoms with Crippen LogP contribution in [0.25, 0.3) is 0 Å². The SMILES string of the molecule is CNc1ncc(CN2CC(=O)NCCCCCOc3ccc(CCC(=O)O)cc3C2)cn1. The van der Waals surface area contributed by atoms with Gasteiger partial charge in [0.05, 0.1) is 13.2 Å². The van der Waals surface area contributed by atoms with E-state index in [-0.39, 0.29) is 18.9 Å². The molecule has 0 spiro atoms. The quantitative estimate of drug-likeness (QED) is 0.625. The number of carbonyl (C=O) groups excluding carboxylic acids is 1. The van der Waals surface area contributed by atoms with Crippen molar-refractivity contribution in [3.05, 3.63) is 47.3 Å². The number of ether oxygens (including phenoxy) is 1. The van der Waals surface area contributed by atoms with Gasteiger partial charge in [0.15, 0.2) is 0 Å². The molecule has 0 radical (unpaired) electrons. The van der Waals surface area contributed by atoms with Crippen LogP contribution in [0.2, 0.25) is 0 Å². The first kappa shape index (κ1) is 23.5. The van der Waals surface area contributed by atoms with Gasteiger partial charge < -0.3 is 20.5 Å². The molecule has 0 atom stereocenters. The Balaban J connectivity index is 1.85. The number of carboxylic acid groups (broad SMARTS) is 1. The van der Waals surface area contributed by atoms with Gasteiger partial charge in [0.2, 0.25) is 11.9 Å². The van der Waals surface area contributed by atoms with Crippen molar-refractivity contribution in [1.82, 2.24) is 20.2 Å². The number of nitrogens with zero attached hydrogens (tertiary/aromatic N) is 3. The first-order valence-corrected chi connectivity index (χ1v) is 11.0. The number of aromatic nitrogens is 2. The average Bonchev–Trinajstić information content (AvgIpc) is 2.79. The zero-order valence-electron chi connectivity index (χ0n) is 18.5. The number of carboxylic acids is 1. The fourth-order valence-electron chi connectivity index (χ4n) is 3.61. The van der Waals surface area contributed by atoms with E-state index in [1.807, 2.05) is 23.1 Å². The largest absolute Gasteiger partial charge is 0.493 e. The van der Waals surface area contributed by atoms with Crippen molar-refractivity contribution < 1.29 is 19.4 Å². The maximum absolute atomic E-state index is 12.6. The number of amides is 1. The second-order valence-electron chi connectivity index (χ2n) is 7.90. The van der Waals surface area contributed by atoms with Gasteiger partial charge in [-0.05, 0) is 37.3 Å². The first-order chi connectivity index (χ1) is 15.5. The molecular formula is C23H31N5O4. The number of benzene rings is 1. The maximum atomic E-state index is 12.6. The van der Waals surface area contributed by atoms with Gasteiger partial charge in [-0.3, -0.25) is 14.5 Å². The molecule has 1 aromatic heterocycles. The predicted octanol–water partition coefficient (Wildman–Crippen LogP) is 2.22. The summed E-state index contributed by atoms with van der Waals surface area (Å²) in [5, 5.41) is 14.9. The summed E-state index contributed by atoms with van der Waals surface area (Å²) in [4.78, 5) is 34.1. The summed E-state index contributed by atoms with van der Waals surface area (Å²) < 4.78 is 6.06. The number of carbonyl (C=O) groups is 2. The molecule has 2 heterocycles.